The first-order chi connectivity index (χ1) is 9.19. The van der Waals surface area contributed by atoms with Gasteiger partial charge in [-0.3, -0.25) is 0 Å². The summed E-state index contributed by atoms with van der Waals surface area (Å²) < 4.78 is 0. The second-order valence-electron chi connectivity index (χ2n) is 4.60. The summed E-state index contributed by atoms with van der Waals surface area (Å²) in [5.41, 5.74) is 2.18. The first kappa shape index (κ1) is 14.1. The Bertz CT molecular complexity index is 524. The first-order valence-electron chi connectivity index (χ1n) is 6.63. The molecule has 0 aliphatic rings. The van der Waals surface area contributed by atoms with Crippen molar-refractivity contribution in [2.75, 3.05) is 6.54 Å². The second kappa shape index (κ2) is 6.73. The Morgan fingerprint density at radius 1 is 1.32 bits per heavy atom. The molecule has 0 saturated carbocycles. The molecule has 0 aliphatic heterocycles. The van der Waals surface area contributed by atoms with Crippen LogP contribution in [0.25, 0.3) is 0 Å². The minimum atomic E-state index is 0.211. The summed E-state index contributed by atoms with van der Waals surface area (Å²) in [6.45, 7) is 7.12. The van der Waals surface area contributed by atoms with Gasteiger partial charge in [0.1, 0.15) is 5.82 Å². The molecule has 19 heavy (non-hydrogen) atoms. The maximum absolute atomic E-state index is 4.54. The van der Waals surface area contributed by atoms with Gasteiger partial charge in [0, 0.05) is 18.0 Å². The number of rotatable bonds is 6. The highest BCUT2D eigenvalue weighted by Crippen LogP contribution is 2.18. The summed E-state index contributed by atoms with van der Waals surface area (Å²) in [4.78, 5) is 13.2. The molecule has 0 radical (unpaired) electrons. The van der Waals surface area contributed by atoms with Crippen LogP contribution in [-0.2, 0) is 6.42 Å². The molecule has 1 N–H and O–H groups in total. The predicted molar refractivity (Wildman–Crippen MR) is 78.4 cm³/mol. The van der Waals surface area contributed by atoms with E-state index >= 15 is 0 Å². The molecule has 102 valence electrons. The van der Waals surface area contributed by atoms with Gasteiger partial charge in [0.15, 0.2) is 0 Å². The maximum Gasteiger partial charge on any atom is 0.125 e. The van der Waals surface area contributed by atoms with Gasteiger partial charge in [0.05, 0.1) is 22.4 Å². The van der Waals surface area contributed by atoms with Gasteiger partial charge in [0.25, 0.3) is 0 Å². The van der Waals surface area contributed by atoms with E-state index < -0.39 is 0 Å². The molecule has 0 fully saturated rings. The molecule has 2 aromatic rings. The Balaban J connectivity index is 2.15. The average Bonchev–Trinajstić information content (AvgIpc) is 2.80. The van der Waals surface area contributed by atoms with E-state index in [1.54, 1.807) is 11.3 Å². The molecule has 4 nitrogen and oxygen atoms in total. The highest BCUT2D eigenvalue weighted by Gasteiger charge is 2.14. The van der Waals surface area contributed by atoms with Crippen LogP contribution in [-0.4, -0.2) is 21.5 Å². The van der Waals surface area contributed by atoms with Crippen molar-refractivity contribution in [1.82, 2.24) is 20.3 Å². The molecular formula is C14H20N4S. The summed E-state index contributed by atoms with van der Waals surface area (Å²) in [6.07, 6.45) is 3.81. The van der Waals surface area contributed by atoms with Crippen molar-refractivity contribution in [3.05, 3.63) is 39.9 Å². The molecule has 0 spiro atoms. The van der Waals surface area contributed by atoms with Crippen LogP contribution in [0.1, 0.15) is 41.6 Å². The van der Waals surface area contributed by atoms with Crippen LogP contribution in [0.5, 0.6) is 0 Å². The SMILES string of the molecule is CCCNC(Cc1csc(C)n1)c1ccnc(C)n1. The topological polar surface area (TPSA) is 50.7 Å². The predicted octanol–water partition coefficient (Wildman–Crippen LogP) is 2.83. The smallest absolute Gasteiger partial charge is 0.125 e. The van der Waals surface area contributed by atoms with E-state index in [4.69, 9.17) is 0 Å². The molecule has 2 aromatic heterocycles. The fourth-order valence-corrected chi connectivity index (χ4v) is 2.61. The van der Waals surface area contributed by atoms with Crippen molar-refractivity contribution >= 4 is 11.3 Å². The summed E-state index contributed by atoms with van der Waals surface area (Å²) in [5, 5.41) is 6.79. The van der Waals surface area contributed by atoms with E-state index in [1.165, 1.54) is 0 Å². The van der Waals surface area contributed by atoms with Crippen LogP contribution in [0.2, 0.25) is 0 Å². The van der Waals surface area contributed by atoms with E-state index in [9.17, 15) is 0 Å². The number of hydrogen-bond donors (Lipinski definition) is 1. The molecule has 1 unspecified atom stereocenters. The zero-order valence-corrected chi connectivity index (χ0v) is 12.5. The lowest BCUT2D eigenvalue weighted by Gasteiger charge is -2.17. The van der Waals surface area contributed by atoms with E-state index in [2.05, 4.69) is 32.6 Å². The summed E-state index contributed by atoms with van der Waals surface area (Å²) in [7, 11) is 0. The van der Waals surface area contributed by atoms with Crippen LogP contribution in [0, 0.1) is 13.8 Å². The van der Waals surface area contributed by atoms with Gasteiger partial charge < -0.3 is 5.32 Å². The number of thiazole rings is 1. The standard InChI is InChI=1S/C14H20N4S/c1-4-6-16-14(8-12-9-19-11(3)18-12)13-5-7-15-10(2)17-13/h5,7,9,14,16H,4,6,8H2,1-3H3. The largest absolute Gasteiger partial charge is 0.308 e. The van der Waals surface area contributed by atoms with Crippen molar-refractivity contribution in [3.8, 4) is 0 Å². The normalized spacial score (nSPS) is 12.6. The molecule has 5 heteroatoms. The third-order valence-corrected chi connectivity index (χ3v) is 3.70. The lowest BCUT2D eigenvalue weighted by atomic mass is 10.1. The minimum Gasteiger partial charge on any atom is -0.308 e. The molecular weight excluding hydrogens is 256 g/mol. The summed E-state index contributed by atoms with van der Waals surface area (Å²) >= 11 is 1.70. The van der Waals surface area contributed by atoms with Crippen LogP contribution >= 0.6 is 11.3 Å². The molecule has 0 saturated heterocycles. The second-order valence-corrected chi connectivity index (χ2v) is 5.66. The van der Waals surface area contributed by atoms with Gasteiger partial charge >= 0.3 is 0 Å². The minimum absolute atomic E-state index is 0.211. The molecule has 0 amide bonds. The van der Waals surface area contributed by atoms with Gasteiger partial charge in [0.2, 0.25) is 0 Å². The van der Waals surface area contributed by atoms with E-state index in [1.807, 2.05) is 26.1 Å². The van der Waals surface area contributed by atoms with Crippen molar-refractivity contribution in [2.24, 2.45) is 0 Å². The Morgan fingerprint density at radius 2 is 2.16 bits per heavy atom. The third-order valence-electron chi connectivity index (χ3n) is 2.88. The number of aromatic nitrogens is 3. The highest BCUT2D eigenvalue weighted by molar-refractivity contribution is 7.09. The third kappa shape index (κ3) is 4.08. The van der Waals surface area contributed by atoms with Crippen molar-refractivity contribution in [3.63, 3.8) is 0 Å². The number of nitrogens with one attached hydrogen (secondary N) is 1. The lowest BCUT2D eigenvalue weighted by Crippen LogP contribution is -2.25. The van der Waals surface area contributed by atoms with Gasteiger partial charge in [-0.25, -0.2) is 15.0 Å². The fourth-order valence-electron chi connectivity index (χ4n) is 1.98. The molecule has 0 aromatic carbocycles. The lowest BCUT2D eigenvalue weighted by molar-refractivity contribution is 0.511. The number of hydrogen-bond acceptors (Lipinski definition) is 5. The van der Waals surface area contributed by atoms with Gasteiger partial charge in [-0.2, -0.15) is 0 Å². The fraction of sp³-hybridized carbons (Fsp3) is 0.500. The zero-order valence-electron chi connectivity index (χ0n) is 11.7. The Morgan fingerprint density at radius 3 is 2.79 bits per heavy atom. The zero-order chi connectivity index (χ0) is 13.7. The first-order valence-corrected chi connectivity index (χ1v) is 7.51. The van der Waals surface area contributed by atoms with Crippen LogP contribution in [0.4, 0.5) is 0 Å². The van der Waals surface area contributed by atoms with E-state index in [0.717, 1.165) is 41.6 Å². The number of nitrogens with zero attached hydrogens (tertiary/aromatic N) is 3. The van der Waals surface area contributed by atoms with Gasteiger partial charge in [-0.05, 0) is 32.9 Å². The monoisotopic (exact) mass is 276 g/mol. The Hall–Kier alpha value is -1.33. The summed E-state index contributed by atoms with van der Waals surface area (Å²) in [6, 6.07) is 2.20. The molecule has 0 bridgehead atoms. The van der Waals surface area contributed by atoms with Crippen molar-refractivity contribution in [1.29, 1.82) is 0 Å². The van der Waals surface area contributed by atoms with Crippen LogP contribution in [0.3, 0.4) is 0 Å². The summed E-state index contributed by atoms with van der Waals surface area (Å²) in [5.74, 6) is 0.815. The highest BCUT2D eigenvalue weighted by atomic mass is 32.1. The number of aryl methyl sites for hydroxylation is 2. The Labute approximate surface area is 118 Å². The molecule has 1 atom stereocenters. The van der Waals surface area contributed by atoms with Gasteiger partial charge in [-0.1, -0.05) is 6.92 Å². The van der Waals surface area contributed by atoms with E-state index in [-0.39, 0.29) is 6.04 Å². The quantitative estimate of drug-likeness (QED) is 0.881. The Kier molecular flexibility index (Phi) is 4.99. The van der Waals surface area contributed by atoms with Gasteiger partial charge in [-0.15, -0.1) is 11.3 Å². The van der Waals surface area contributed by atoms with Crippen LogP contribution in [0.15, 0.2) is 17.6 Å². The van der Waals surface area contributed by atoms with Crippen LogP contribution < -0.4 is 5.32 Å². The molecule has 2 rings (SSSR count). The van der Waals surface area contributed by atoms with E-state index in [0.29, 0.717) is 0 Å². The van der Waals surface area contributed by atoms with Crippen molar-refractivity contribution < 1.29 is 0 Å². The molecule has 0 aliphatic carbocycles. The average molecular weight is 276 g/mol. The molecule has 2 heterocycles. The maximum atomic E-state index is 4.54. The van der Waals surface area contributed by atoms with Crippen molar-refractivity contribution in [2.45, 2.75) is 39.7 Å².